The van der Waals surface area contributed by atoms with Gasteiger partial charge in [0.1, 0.15) is 0 Å². The highest BCUT2D eigenvalue weighted by atomic mass is 19.4. The normalized spacial score (nSPS) is 21.7. The van der Waals surface area contributed by atoms with Gasteiger partial charge in [0.2, 0.25) is 0 Å². The maximum Gasteiger partial charge on any atom is 0.416 e. The Kier molecular flexibility index (Phi) is 4.26. The third kappa shape index (κ3) is 3.11. The Balaban J connectivity index is 1.43. The first-order valence-electron chi connectivity index (χ1n) is 8.80. The molecule has 0 bridgehead atoms. The Morgan fingerprint density at radius 2 is 1.85 bits per heavy atom. The molecule has 4 rings (SSSR count). The number of carbonyl (C=O) groups is 1. The summed E-state index contributed by atoms with van der Waals surface area (Å²) in [4.78, 5) is 19.9. The molecule has 1 aromatic heterocycles. The molecule has 7 heteroatoms. The van der Waals surface area contributed by atoms with Gasteiger partial charge in [-0.25, -0.2) is 0 Å². The molecule has 26 heavy (non-hydrogen) atoms. The first-order valence-corrected chi connectivity index (χ1v) is 8.80. The van der Waals surface area contributed by atoms with E-state index in [1.54, 1.807) is 12.3 Å². The number of aryl methyl sites for hydroxylation is 1. The van der Waals surface area contributed by atoms with Crippen molar-refractivity contribution in [3.8, 4) is 0 Å². The zero-order valence-corrected chi connectivity index (χ0v) is 14.2. The van der Waals surface area contributed by atoms with E-state index in [0.717, 1.165) is 30.2 Å². The van der Waals surface area contributed by atoms with E-state index in [9.17, 15) is 18.0 Å². The fourth-order valence-corrected chi connectivity index (χ4v) is 3.95. The molecule has 2 heterocycles. The van der Waals surface area contributed by atoms with E-state index < -0.39 is 11.7 Å². The molecule has 2 aliphatic rings. The van der Waals surface area contributed by atoms with Gasteiger partial charge in [0, 0.05) is 49.3 Å². The number of hydrogen-bond acceptors (Lipinski definition) is 3. The maximum absolute atomic E-state index is 12.9. The first-order chi connectivity index (χ1) is 12.4. The van der Waals surface area contributed by atoms with Crippen molar-refractivity contribution in [2.45, 2.75) is 25.1 Å². The van der Waals surface area contributed by atoms with Crippen molar-refractivity contribution in [2.75, 3.05) is 31.1 Å². The van der Waals surface area contributed by atoms with Crippen LogP contribution in [0.2, 0.25) is 0 Å². The van der Waals surface area contributed by atoms with Crippen LogP contribution in [0.25, 0.3) is 0 Å². The molecule has 1 N–H and O–H groups in total. The highest BCUT2D eigenvalue weighted by Crippen LogP contribution is 2.32. The lowest BCUT2D eigenvalue weighted by atomic mass is 9.90. The molecule has 1 aliphatic heterocycles. The predicted octanol–water partition coefficient (Wildman–Crippen LogP) is 3.35. The lowest BCUT2D eigenvalue weighted by Gasteiger charge is -2.40. The van der Waals surface area contributed by atoms with Crippen molar-refractivity contribution in [1.82, 2.24) is 9.88 Å². The maximum atomic E-state index is 12.9. The van der Waals surface area contributed by atoms with E-state index in [0.29, 0.717) is 31.9 Å². The van der Waals surface area contributed by atoms with Gasteiger partial charge >= 0.3 is 6.18 Å². The summed E-state index contributed by atoms with van der Waals surface area (Å²) in [6.07, 6.45) is -0.889. The van der Waals surface area contributed by atoms with E-state index in [1.165, 1.54) is 12.1 Å². The number of Topliss-reactive ketones (excluding diaryl/α,β-unsaturated/α-hetero) is 1. The van der Waals surface area contributed by atoms with Crippen molar-refractivity contribution in [3.05, 3.63) is 53.3 Å². The third-order valence-electron chi connectivity index (χ3n) is 5.36. The molecule has 0 amide bonds. The highest BCUT2D eigenvalue weighted by molar-refractivity contribution is 6.02. The zero-order chi connectivity index (χ0) is 18.3. The van der Waals surface area contributed by atoms with Crippen LogP contribution >= 0.6 is 0 Å². The number of nitrogens with one attached hydrogen (secondary N) is 1. The Bertz CT molecular complexity index is 806. The Morgan fingerprint density at radius 3 is 2.58 bits per heavy atom. The number of H-pyrrole nitrogens is 1. The number of carbonyl (C=O) groups excluding carboxylic acids is 1. The topological polar surface area (TPSA) is 39.3 Å². The van der Waals surface area contributed by atoms with E-state index in [-0.39, 0.29) is 11.8 Å². The number of aromatic nitrogens is 1. The molecular weight excluding hydrogens is 343 g/mol. The number of benzene rings is 1. The van der Waals surface area contributed by atoms with Crippen LogP contribution in [0.3, 0.4) is 0 Å². The number of rotatable bonds is 2. The number of aromatic amines is 1. The third-order valence-corrected chi connectivity index (χ3v) is 5.36. The van der Waals surface area contributed by atoms with Crippen molar-refractivity contribution in [1.29, 1.82) is 0 Å². The summed E-state index contributed by atoms with van der Waals surface area (Å²) in [6, 6.07) is 7.16. The molecule has 138 valence electrons. The summed E-state index contributed by atoms with van der Waals surface area (Å²) in [5.74, 6) is 0.153. The SMILES string of the molecule is O=C1c2cc[nH]c2CC[C@@H]1N1CCN(c2cccc(C(F)(F)F)c2)CC1. The predicted molar refractivity (Wildman–Crippen MR) is 92.5 cm³/mol. The number of ketones is 1. The van der Waals surface area contributed by atoms with Crippen molar-refractivity contribution in [3.63, 3.8) is 0 Å². The molecule has 1 aromatic carbocycles. The standard InChI is InChI=1S/C19H20F3N3O/c20-19(21,22)13-2-1-3-14(12-13)24-8-10-25(11-9-24)17-5-4-16-15(18(17)26)6-7-23-16/h1-3,6-7,12,17,23H,4-5,8-11H2/t17-/m0/s1. The average molecular weight is 363 g/mol. The van der Waals surface area contributed by atoms with Crippen LogP contribution < -0.4 is 4.90 Å². The molecule has 0 radical (unpaired) electrons. The van der Waals surface area contributed by atoms with Crippen LogP contribution in [0.4, 0.5) is 18.9 Å². The van der Waals surface area contributed by atoms with Crippen LogP contribution in [-0.2, 0) is 12.6 Å². The number of fused-ring (bicyclic) bond motifs is 1. The fourth-order valence-electron chi connectivity index (χ4n) is 3.95. The summed E-state index contributed by atoms with van der Waals surface area (Å²) in [7, 11) is 0. The summed E-state index contributed by atoms with van der Waals surface area (Å²) < 4.78 is 38.7. The second kappa shape index (κ2) is 6.46. The van der Waals surface area contributed by atoms with Gasteiger partial charge in [0.15, 0.2) is 5.78 Å². The molecule has 1 atom stereocenters. The number of halogens is 3. The number of alkyl halides is 3. The van der Waals surface area contributed by atoms with Crippen LogP contribution in [0.1, 0.15) is 28.0 Å². The Morgan fingerprint density at radius 1 is 1.08 bits per heavy atom. The second-order valence-corrected chi connectivity index (χ2v) is 6.86. The van der Waals surface area contributed by atoms with Gasteiger partial charge in [-0.1, -0.05) is 6.07 Å². The second-order valence-electron chi connectivity index (χ2n) is 6.86. The smallest absolute Gasteiger partial charge is 0.369 e. The van der Waals surface area contributed by atoms with Crippen molar-refractivity contribution in [2.24, 2.45) is 0 Å². The number of nitrogens with zero attached hydrogens (tertiary/aromatic N) is 2. The van der Waals surface area contributed by atoms with Gasteiger partial charge in [-0.2, -0.15) is 13.2 Å². The van der Waals surface area contributed by atoms with Gasteiger partial charge in [-0.3, -0.25) is 9.69 Å². The minimum atomic E-state index is -4.33. The van der Waals surface area contributed by atoms with Crippen LogP contribution in [0.5, 0.6) is 0 Å². The fraction of sp³-hybridized carbons (Fsp3) is 0.421. The molecule has 1 fully saturated rings. The molecule has 4 nitrogen and oxygen atoms in total. The minimum Gasteiger partial charge on any atom is -0.369 e. The molecule has 2 aromatic rings. The van der Waals surface area contributed by atoms with Gasteiger partial charge in [-0.05, 0) is 37.1 Å². The molecular formula is C19H20F3N3O. The Labute approximate surface area is 149 Å². The molecule has 1 saturated heterocycles. The van der Waals surface area contributed by atoms with Crippen LogP contribution in [0, 0.1) is 0 Å². The summed E-state index contributed by atoms with van der Waals surface area (Å²) >= 11 is 0. The van der Waals surface area contributed by atoms with E-state index in [1.807, 2.05) is 11.0 Å². The Hall–Kier alpha value is -2.28. The van der Waals surface area contributed by atoms with Gasteiger partial charge in [0.25, 0.3) is 0 Å². The lowest BCUT2D eigenvalue weighted by Crippen LogP contribution is -2.53. The number of piperazine rings is 1. The highest BCUT2D eigenvalue weighted by Gasteiger charge is 2.35. The van der Waals surface area contributed by atoms with Crippen molar-refractivity contribution < 1.29 is 18.0 Å². The quantitative estimate of drug-likeness (QED) is 0.889. The van der Waals surface area contributed by atoms with Gasteiger partial charge in [-0.15, -0.1) is 0 Å². The van der Waals surface area contributed by atoms with E-state index >= 15 is 0 Å². The molecule has 0 saturated carbocycles. The summed E-state index contributed by atoms with van der Waals surface area (Å²) in [6.45, 7) is 2.58. The molecule has 0 spiro atoms. The first kappa shape index (κ1) is 17.1. The number of hydrogen-bond donors (Lipinski definition) is 1. The van der Waals surface area contributed by atoms with Gasteiger partial charge in [0.05, 0.1) is 11.6 Å². The minimum absolute atomic E-state index is 0.123. The largest absolute Gasteiger partial charge is 0.416 e. The van der Waals surface area contributed by atoms with Crippen molar-refractivity contribution >= 4 is 11.5 Å². The van der Waals surface area contributed by atoms with Crippen LogP contribution in [-0.4, -0.2) is 47.9 Å². The monoisotopic (exact) mass is 363 g/mol. The average Bonchev–Trinajstić information content (AvgIpc) is 3.11. The van der Waals surface area contributed by atoms with Crippen LogP contribution in [0.15, 0.2) is 36.5 Å². The zero-order valence-electron chi connectivity index (χ0n) is 14.2. The summed E-state index contributed by atoms with van der Waals surface area (Å²) in [5.41, 5.74) is 1.75. The summed E-state index contributed by atoms with van der Waals surface area (Å²) in [5, 5.41) is 0. The molecule has 0 unspecified atom stereocenters. The lowest BCUT2D eigenvalue weighted by molar-refractivity contribution is -0.137. The number of anilines is 1. The van der Waals surface area contributed by atoms with E-state index in [4.69, 9.17) is 0 Å². The van der Waals surface area contributed by atoms with Gasteiger partial charge < -0.3 is 9.88 Å². The molecule has 1 aliphatic carbocycles. The van der Waals surface area contributed by atoms with E-state index in [2.05, 4.69) is 9.88 Å².